The second kappa shape index (κ2) is 5.49. The molecule has 0 aromatic rings. The molecule has 0 aromatic carbocycles. The monoisotopic (exact) mass is 243 g/mol. The van der Waals surface area contributed by atoms with Crippen LogP contribution < -0.4 is 5.32 Å². The number of carbonyl (C=O) groups excluding carboxylic acids is 2. The summed E-state index contributed by atoms with van der Waals surface area (Å²) in [5.41, 5.74) is -0.141. The molecule has 1 saturated carbocycles. The van der Waals surface area contributed by atoms with Crippen molar-refractivity contribution in [1.29, 1.82) is 0 Å². The van der Waals surface area contributed by atoms with E-state index in [-0.39, 0.29) is 24.2 Å². The smallest absolute Gasteiger partial charge is 0.396 e. The van der Waals surface area contributed by atoms with Crippen molar-refractivity contribution in [2.45, 2.75) is 46.3 Å². The van der Waals surface area contributed by atoms with Gasteiger partial charge < -0.3 is 14.8 Å². The fourth-order valence-corrected chi connectivity index (χ4v) is 2.03. The predicted octanol–water partition coefficient (Wildman–Crippen LogP) is 0.869. The second-order valence-electron chi connectivity index (χ2n) is 4.75. The first kappa shape index (κ1) is 14.0. The lowest BCUT2D eigenvalue weighted by Gasteiger charge is -2.51. The van der Waals surface area contributed by atoms with Crippen molar-refractivity contribution < 1.29 is 19.1 Å². The van der Waals surface area contributed by atoms with Crippen molar-refractivity contribution in [2.75, 3.05) is 13.2 Å². The van der Waals surface area contributed by atoms with E-state index in [1.54, 1.807) is 6.92 Å². The highest BCUT2D eigenvalue weighted by Crippen LogP contribution is 2.42. The summed E-state index contributed by atoms with van der Waals surface area (Å²) in [7, 11) is 0. The van der Waals surface area contributed by atoms with Gasteiger partial charge in [-0.2, -0.15) is 0 Å². The molecule has 2 atom stereocenters. The summed E-state index contributed by atoms with van der Waals surface area (Å²) in [5.74, 6) is -1.48. The van der Waals surface area contributed by atoms with Crippen LogP contribution >= 0.6 is 0 Å². The van der Waals surface area contributed by atoms with Gasteiger partial charge in [-0.05, 0) is 20.3 Å². The molecule has 0 radical (unpaired) electrons. The number of ether oxygens (including phenoxy) is 2. The fourth-order valence-electron chi connectivity index (χ4n) is 2.03. The maximum atomic E-state index is 11.5. The normalized spacial score (nSPS) is 25.9. The van der Waals surface area contributed by atoms with Crippen molar-refractivity contribution in [3.05, 3.63) is 0 Å². The molecule has 0 bridgehead atoms. The Balaban J connectivity index is 2.45. The third-order valence-corrected chi connectivity index (χ3v) is 3.31. The Morgan fingerprint density at radius 2 is 1.94 bits per heavy atom. The van der Waals surface area contributed by atoms with Gasteiger partial charge >= 0.3 is 11.9 Å². The Morgan fingerprint density at radius 3 is 2.41 bits per heavy atom. The molecule has 5 nitrogen and oxygen atoms in total. The molecular formula is C12H21NO4. The van der Waals surface area contributed by atoms with Crippen LogP contribution in [0.15, 0.2) is 0 Å². The summed E-state index contributed by atoms with van der Waals surface area (Å²) >= 11 is 0. The van der Waals surface area contributed by atoms with Crippen molar-refractivity contribution in [1.82, 2.24) is 5.32 Å². The van der Waals surface area contributed by atoms with Crippen LogP contribution in [0.25, 0.3) is 0 Å². The highest BCUT2D eigenvalue weighted by atomic mass is 16.5. The Bertz CT molecular complexity index is 301. The number of nitrogens with one attached hydrogen (secondary N) is 1. The molecule has 0 spiro atoms. The molecule has 1 fully saturated rings. The van der Waals surface area contributed by atoms with Crippen LogP contribution in [-0.4, -0.2) is 37.2 Å². The molecule has 1 aliphatic carbocycles. The maximum absolute atomic E-state index is 11.5. The number of hydrogen-bond acceptors (Lipinski definition) is 4. The zero-order chi connectivity index (χ0) is 13.1. The van der Waals surface area contributed by atoms with Crippen LogP contribution in [0.5, 0.6) is 0 Å². The van der Waals surface area contributed by atoms with Crippen LogP contribution in [-0.2, 0) is 19.1 Å². The molecule has 98 valence electrons. The fraction of sp³-hybridized carbons (Fsp3) is 0.833. The van der Waals surface area contributed by atoms with Gasteiger partial charge in [0.2, 0.25) is 0 Å². The highest BCUT2D eigenvalue weighted by molar-refractivity contribution is 6.32. The summed E-state index contributed by atoms with van der Waals surface area (Å²) in [6.07, 6.45) is 0.881. The van der Waals surface area contributed by atoms with E-state index < -0.39 is 11.9 Å². The third kappa shape index (κ3) is 2.97. The summed E-state index contributed by atoms with van der Waals surface area (Å²) in [4.78, 5) is 22.6. The topological polar surface area (TPSA) is 64.6 Å². The third-order valence-electron chi connectivity index (χ3n) is 3.31. The summed E-state index contributed by atoms with van der Waals surface area (Å²) in [6.45, 7) is 8.53. The largest absolute Gasteiger partial charge is 0.459 e. The number of esters is 1. The average molecular weight is 243 g/mol. The van der Waals surface area contributed by atoms with Gasteiger partial charge in [-0.3, -0.25) is 4.79 Å². The lowest BCUT2D eigenvalue weighted by molar-refractivity contribution is -0.159. The number of amides is 1. The molecule has 5 heteroatoms. The van der Waals surface area contributed by atoms with Gasteiger partial charge in [0.1, 0.15) is 0 Å². The van der Waals surface area contributed by atoms with Gasteiger partial charge in [-0.1, -0.05) is 13.8 Å². The van der Waals surface area contributed by atoms with Crippen molar-refractivity contribution >= 4 is 11.9 Å². The lowest BCUT2D eigenvalue weighted by Crippen LogP contribution is -2.62. The first-order valence-corrected chi connectivity index (χ1v) is 6.02. The average Bonchev–Trinajstić information content (AvgIpc) is 2.27. The zero-order valence-corrected chi connectivity index (χ0v) is 10.9. The van der Waals surface area contributed by atoms with E-state index in [0.29, 0.717) is 6.61 Å². The molecule has 1 aliphatic rings. The summed E-state index contributed by atoms with van der Waals surface area (Å²) in [5, 5.41) is 2.69. The number of hydrogen-bond donors (Lipinski definition) is 1. The molecule has 0 heterocycles. The van der Waals surface area contributed by atoms with E-state index in [9.17, 15) is 9.59 Å². The Kier molecular flexibility index (Phi) is 4.51. The standard InChI is InChI=1S/C12H21NO4/c1-5-16-9-7-8(12(9,3)4)13-10(14)11(15)17-6-2/h8-9H,5-7H2,1-4H3,(H,13,14). The van der Waals surface area contributed by atoms with Crippen molar-refractivity contribution in [3.8, 4) is 0 Å². The SMILES string of the molecule is CCOC(=O)C(=O)NC1CC(OCC)C1(C)C. The summed E-state index contributed by atoms with van der Waals surface area (Å²) in [6, 6.07) is -0.0315. The molecule has 1 N–H and O–H groups in total. The van der Waals surface area contributed by atoms with E-state index in [0.717, 1.165) is 6.42 Å². The molecule has 17 heavy (non-hydrogen) atoms. The van der Waals surface area contributed by atoms with Crippen LogP contribution in [0, 0.1) is 5.41 Å². The zero-order valence-electron chi connectivity index (χ0n) is 10.9. The molecule has 0 aromatic heterocycles. The molecule has 1 rings (SSSR count). The second-order valence-corrected chi connectivity index (χ2v) is 4.75. The molecule has 0 saturated heterocycles. The van der Waals surface area contributed by atoms with Gasteiger partial charge in [-0.15, -0.1) is 0 Å². The van der Waals surface area contributed by atoms with E-state index in [1.807, 2.05) is 20.8 Å². The van der Waals surface area contributed by atoms with Crippen LogP contribution in [0.1, 0.15) is 34.1 Å². The lowest BCUT2D eigenvalue weighted by atomic mass is 9.64. The van der Waals surface area contributed by atoms with Crippen LogP contribution in [0.4, 0.5) is 0 Å². The van der Waals surface area contributed by atoms with Gasteiger partial charge in [0.15, 0.2) is 0 Å². The molecule has 1 amide bonds. The number of rotatable bonds is 4. The van der Waals surface area contributed by atoms with E-state index in [1.165, 1.54) is 0 Å². The maximum Gasteiger partial charge on any atom is 0.396 e. The van der Waals surface area contributed by atoms with Crippen LogP contribution in [0.3, 0.4) is 0 Å². The van der Waals surface area contributed by atoms with E-state index in [2.05, 4.69) is 10.1 Å². The quantitative estimate of drug-likeness (QED) is 0.588. The van der Waals surface area contributed by atoms with E-state index >= 15 is 0 Å². The predicted molar refractivity (Wildman–Crippen MR) is 62.4 cm³/mol. The first-order valence-electron chi connectivity index (χ1n) is 6.02. The van der Waals surface area contributed by atoms with Gasteiger partial charge in [-0.25, -0.2) is 4.79 Å². The molecule has 0 aliphatic heterocycles. The van der Waals surface area contributed by atoms with Crippen molar-refractivity contribution in [2.24, 2.45) is 5.41 Å². The van der Waals surface area contributed by atoms with Crippen molar-refractivity contribution in [3.63, 3.8) is 0 Å². The molecular weight excluding hydrogens is 222 g/mol. The Morgan fingerprint density at radius 1 is 1.29 bits per heavy atom. The highest BCUT2D eigenvalue weighted by Gasteiger charge is 2.50. The molecule has 2 unspecified atom stereocenters. The Hall–Kier alpha value is -1.10. The summed E-state index contributed by atoms with van der Waals surface area (Å²) < 4.78 is 10.2. The Labute approximate surface area is 102 Å². The van der Waals surface area contributed by atoms with Gasteiger partial charge in [0, 0.05) is 18.1 Å². The van der Waals surface area contributed by atoms with Gasteiger partial charge in [0.25, 0.3) is 0 Å². The minimum absolute atomic E-state index is 0.0315. The minimum atomic E-state index is -0.817. The number of carbonyl (C=O) groups is 2. The van der Waals surface area contributed by atoms with E-state index in [4.69, 9.17) is 4.74 Å². The van der Waals surface area contributed by atoms with Crippen LogP contribution in [0.2, 0.25) is 0 Å². The minimum Gasteiger partial charge on any atom is -0.459 e. The first-order chi connectivity index (χ1) is 7.93. The van der Waals surface area contributed by atoms with Gasteiger partial charge in [0.05, 0.1) is 12.7 Å².